The zero-order valence-electron chi connectivity index (χ0n) is 12.0. The van der Waals surface area contributed by atoms with Gasteiger partial charge in [-0.15, -0.1) is 0 Å². The van der Waals surface area contributed by atoms with Gasteiger partial charge in [-0.3, -0.25) is 0 Å². The van der Waals surface area contributed by atoms with E-state index in [1.807, 2.05) is 0 Å². The lowest BCUT2D eigenvalue weighted by Gasteiger charge is -2.28. The summed E-state index contributed by atoms with van der Waals surface area (Å²) < 4.78 is 6.23. The highest BCUT2D eigenvalue weighted by atomic mass is 16.5. The lowest BCUT2D eigenvalue weighted by molar-refractivity contribution is 0.159. The van der Waals surface area contributed by atoms with E-state index in [9.17, 15) is 0 Å². The molecule has 0 radical (unpaired) electrons. The van der Waals surface area contributed by atoms with E-state index < -0.39 is 0 Å². The van der Waals surface area contributed by atoms with Crippen LogP contribution >= 0.6 is 0 Å². The second-order valence-electron chi connectivity index (χ2n) is 6.32. The number of aryl methyl sites for hydroxylation is 1. The molecule has 0 unspecified atom stereocenters. The van der Waals surface area contributed by atoms with Crippen molar-refractivity contribution in [2.24, 2.45) is 0 Å². The van der Waals surface area contributed by atoms with Crippen molar-refractivity contribution in [3.05, 3.63) is 29.3 Å². The fourth-order valence-corrected chi connectivity index (χ4v) is 2.43. The Morgan fingerprint density at radius 3 is 2.44 bits per heavy atom. The molecule has 18 heavy (non-hydrogen) atoms. The molecule has 0 aromatic heterocycles. The van der Waals surface area contributed by atoms with Crippen LogP contribution in [0.25, 0.3) is 0 Å². The Morgan fingerprint density at radius 1 is 1.17 bits per heavy atom. The van der Waals surface area contributed by atoms with E-state index in [4.69, 9.17) is 4.74 Å². The fraction of sp³-hybridized carbons (Fsp3) is 0.625. The first kappa shape index (κ1) is 13.4. The Labute approximate surface area is 111 Å². The molecule has 1 aliphatic heterocycles. The number of benzene rings is 1. The SMILES string of the molecule is Cc1ccc(OC2CCNCC2)c(C(C)(C)C)c1. The molecule has 0 atom stereocenters. The van der Waals surface area contributed by atoms with Crippen LogP contribution in [0, 0.1) is 6.92 Å². The van der Waals surface area contributed by atoms with Crippen molar-refractivity contribution in [1.82, 2.24) is 5.32 Å². The van der Waals surface area contributed by atoms with Crippen molar-refractivity contribution in [3.8, 4) is 5.75 Å². The number of piperidine rings is 1. The van der Waals surface area contributed by atoms with Crippen molar-refractivity contribution in [2.75, 3.05) is 13.1 Å². The molecule has 1 aromatic rings. The molecule has 1 heterocycles. The van der Waals surface area contributed by atoms with Crippen LogP contribution < -0.4 is 10.1 Å². The molecule has 1 fully saturated rings. The minimum absolute atomic E-state index is 0.133. The van der Waals surface area contributed by atoms with Crippen molar-refractivity contribution in [1.29, 1.82) is 0 Å². The predicted octanol–water partition coefficient (Wildman–Crippen LogP) is 3.42. The molecular formula is C16H25NO. The largest absolute Gasteiger partial charge is 0.490 e. The first-order valence-corrected chi connectivity index (χ1v) is 6.95. The summed E-state index contributed by atoms with van der Waals surface area (Å²) in [5.74, 6) is 1.07. The summed E-state index contributed by atoms with van der Waals surface area (Å²) in [4.78, 5) is 0. The molecule has 1 aliphatic rings. The van der Waals surface area contributed by atoms with Crippen LogP contribution in [-0.4, -0.2) is 19.2 Å². The van der Waals surface area contributed by atoms with E-state index in [0.717, 1.165) is 31.7 Å². The summed E-state index contributed by atoms with van der Waals surface area (Å²) in [6.45, 7) is 11.0. The smallest absolute Gasteiger partial charge is 0.123 e. The summed E-state index contributed by atoms with van der Waals surface area (Å²) in [7, 11) is 0. The number of hydrogen-bond acceptors (Lipinski definition) is 2. The zero-order valence-corrected chi connectivity index (χ0v) is 12.0. The molecule has 1 aromatic carbocycles. The van der Waals surface area contributed by atoms with Gasteiger partial charge in [-0.05, 0) is 49.9 Å². The van der Waals surface area contributed by atoms with Crippen molar-refractivity contribution >= 4 is 0 Å². The van der Waals surface area contributed by atoms with E-state index >= 15 is 0 Å². The highest BCUT2D eigenvalue weighted by molar-refractivity contribution is 5.41. The molecule has 100 valence electrons. The second-order valence-corrected chi connectivity index (χ2v) is 6.32. The monoisotopic (exact) mass is 247 g/mol. The molecule has 0 bridgehead atoms. The van der Waals surface area contributed by atoms with Crippen LogP contribution in [0.5, 0.6) is 5.75 Å². The van der Waals surface area contributed by atoms with Crippen molar-refractivity contribution in [2.45, 2.75) is 52.1 Å². The maximum atomic E-state index is 6.23. The molecular weight excluding hydrogens is 222 g/mol. The average molecular weight is 247 g/mol. The molecule has 2 nitrogen and oxygen atoms in total. The number of nitrogens with one attached hydrogen (secondary N) is 1. The quantitative estimate of drug-likeness (QED) is 0.864. The third-order valence-electron chi connectivity index (χ3n) is 3.52. The second kappa shape index (κ2) is 5.31. The van der Waals surface area contributed by atoms with Crippen LogP contribution in [0.15, 0.2) is 18.2 Å². The van der Waals surface area contributed by atoms with Gasteiger partial charge in [0, 0.05) is 0 Å². The van der Waals surface area contributed by atoms with Crippen molar-refractivity contribution in [3.63, 3.8) is 0 Å². The molecule has 1 N–H and O–H groups in total. The zero-order chi connectivity index (χ0) is 13.2. The fourth-order valence-electron chi connectivity index (χ4n) is 2.43. The maximum absolute atomic E-state index is 6.23. The van der Waals surface area contributed by atoms with Crippen LogP contribution in [0.2, 0.25) is 0 Å². The highest BCUT2D eigenvalue weighted by Crippen LogP contribution is 2.33. The van der Waals surface area contributed by atoms with Gasteiger partial charge in [0.05, 0.1) is 0 Å². The summed E-state index contributed by atoms with van der Waals surface area (Å²) in [6.07, 6.45) is 2.59. The van der Waals surface area contributed by atoms with Gasteiger partial charge in [0.25, 0.3) is 0 Å². The standard InChI is InChI=1S/C16H25NO/c1-12-5-6-15(14(11-12)16(2,3)4)18-13-7-9-17-10-8-13/h5-6,11,13,17H,7-10H2,1-4H3. The van der Waals surface area contributed by atoms with Gasteiger partial charge < -0.3 is 10.1 Å². The minimum atomic E-state index is 0.133. The van der Waals surface area contributed by atoms with Gasteiger partial charge in [-0.1, -0.05) is 38.5 Å². The lowest BCUT2D eigenvalue weighted by atomic mass is 9.85. The molecule has 1 saturated heterocycles. The van der Waals surface area contributed by atoms with E-state index in [1.54, 1.807) is 0 Å². The molecule has 0 amide bonds. The van der Waals surface area contributed by atoms with E-state index in [-0.39, 0.29) is 5.41 Å². The first-order chi connectivity index (χ1) is 8.47. The molecule has 0 saturated carbocycles. The van der Waals surface area contributed by atoms with Gasteiger partial charge in [-0.2, -0.15) is 0 Å². The Hall–Kier alpha value is -1.02. The average Bonchev–Trinajstić information content (AvgIpc) is 2.31. The Morgan fingerprint density at radius 2 is 1.83 bits per heavy atom. The minimum Gasteiger partial charge on any atom is -0.490 e. The highest BCUT2D eigenvalue weighted by Gasteiger charge is 2.22. The molecule has 0 spiro atoms. The summed E-state index contributed by atoms with van der Waals surface area (Å²) >= 11 is 0. The van der Waals surface area contributed by atoms with Gasteiger partial charge in [0.2, 0.25) is 0 Å². The summed E-state index contributed by atoms with van der Waals surface area (Å²) in [5.41, 5.74) is 2.76. The van der Waals surface area contributed by atoms with Crippen LogP contribution in [0.4, 0.5) is 0 Å². The predicted molar refractivity (Wildman–Crippen MR) is 76.4 cm³/mol. The van der Waals surface area contributed by atoms with Crippen molar-refractivity contribution < 1.29 is 4.74 Å². The van der Waals surface area contributed by atoms with Gasteiger partial charge in [-0.25, -0.2) is 0 Å². The Bertz CT molecular complexity index is 400. The normalized spacial score (nSPS) is 17.8. The van der Waals surface area contributed by atoms with Crippen LogP contribution in [0.3, 0.4) is 0 Å². The van der Waals surface area contributed by atoms with E-state index in [1.165, 1.54) is 11.1 Å². The molecule has 2 rings (SSSR count). The Balaban J connectivity index is 2.21. The number of ether oxygens (including phenoxy) is 1. The van der Waals surface area contributed by atoms with Gasteiger partial charge in [0.15, 0.2) is 0 Å². The van der Waals surface area contributed by atoms with Crippen LogP contribution in [-0.2, 0) is 5.41 Å². The maximum Gasteiger partial charge on any atom is 0.123 e. The van der Waals surface area contributed by atoms with Gasteiger partial charge in [0.1, 0.15) is 11.9 Å². The van der Waals surface area contributed by atoms with E-state index in [2.05, 4.69) is 51.2 Å². The summed E-state index contributed by atoms with van der Waals surface area (Å²) in [5, 5.41) is 3.37. The lowest BCUT2D eigenvalue weighted by Crippen LogP contribution is -2.34. The Kier molecular flexibility index (Phi) is 3.96. The molecule has 0 aliphatic carbocycles. The van der Waals surface area contributed by atoms with Gasteiger partial charge >= 0.3 is 0 Å². The van der Waals surface area contributed by atoms with Crippen LogP contribution in [0.1, 0.15) is 44.7 Å². The number of hydrogen-bond donors (Lipinski definition) is 1. The topological polar surface area (TPSA) is 21.3 Å². The molecule has 2 heteroatoms. The first-order valence-electron chi connectivity index (χ1n) is 6.95. The third-order valence-corrected chi connectivity index (χ3v) is 3.52. The third kappa shape index (κ3) is 3.26. The number of rotatable bonds is 2. The van der Waals surface area contributed by atoms with E-state index in [0.29, 0.717) is 6.10 Å². The summed E-state index contributed by atoms with van der Waals surface area (Å²) in [6, 6.07) is 6.54.